The number of ether oxygens (including phenoxy) is 1. The molecule has 0 spiro atoms. The molecule has 1 aromatic carbocycles. The lowest BCUT2D eigenvalue weighted by atomic mass is 10.0. The molecule has 0 amide bonds. The highest BCUT2D eigenvalue weighted by Crippen LogP contribution is 2.27. The van der Waals surface area contributed by atoms with Crippen molar-refractivity contribution in [3.05, 3.63) is 29.3 Å². The van der Waals surface area contributed by atoms with Crippen molar-refractivity contribution in [2.45, 2.75) is 40.2 Å². The molecule has 1 atom stereocenters. The summed E-state index contributed by atoms with van der Waals surface area (Å²) in [7, 11) is 1.75. The van der Waals surface area contributed by atoms with E-state index in [4.69, 9.17) is 4.74 Å². The fourth-order valence-corrected chi connectivity index (χ4v) is 2.60. The predicted molar refractivity (Wildman–Crippen MR) is 86.6 cm³/mol. The van der Waals surface area contributed by atoms with Gasteiger partial charge in [-0.2, -0.15) is 0 Å². The molecule has 0 aliphatic rings. The SMILES string of the molecule is CCCN(CC)CC(NCC)c1cc(C)ccc1OC. The molecule has 3 heteroatoms. The summed E-state index contributed by atoms with van der Waals surface area (Å²) in [5.74, 6) is 0.981. The average Bonchev–Trinajstić information content (AvgIpc) is 2.46. The molecule has 20 heavy (non-hydrogen) atoms. The maximum absolute atomic E-state index is 5.54. The van der Waals surface area contributed by atoms with Crippen LogP contribution in [0.1, 0.15) is 44.4 Å². The largest absolute Gasteiger partial charge is 0.496 e. The molecule has 1 rings (SSSR count). The second kappa shape index (κ2) is 8.98. The zero-order valence-electron chi connectivity index (χ0n) is 13.7. The van der Waals surface area contributed by atoms with E-state index in [0.717, 1.165) is 31.9 Å². The van der Waals surface area contributed by atoms with Crippen LogP contribution >= 0.6 is 0 Å². The summed E-state index contributed by atoms with van der Waals surface area (Å²) in [4.78, 5) is 2.50. The van der Waals surface area contributed by atoms with E-state index < -0.39 is 0 Å². The fraction of sp³-hybridized carbons (Fsp3) is 0.647. The molecule has 1 unspecified atom stereocenters. The summed E-state index contributed by atoms with van der Waals surface area (Å²) in [6.07, 6.45) is 1.19. The minimum Gasteiger partial charge on any atom is -0.496 e. The zero-order valence-corrected chi connectivity index (χ0v) is 13.7. The van der Waals surface area contributed by atoms with E-state index >= 15 is 0 Å². The maximum atomic E-state index is 5.54. The summed E-state index contributed by atoms with van der Waals surface area (Å²) in [6.45, 7) is 13.0. The topological polar surface area (TPSA) is 24.5 Å². The van der Waals surface area contributed by atoms with Crippen LogP contribution in [-0.2, 0) is 0 Å². The van der Waals surface area contributed by atoms with Crippen molar-refractivity contribution in [1.29, 1.82) is 0 Å². The van der Waals surface area contributed by atoms with Crippen LogP contribution in [0.25, 0.3) is 0 Å². The van der Waals surface area contributed by atoms with Gasteiger partial charge in [0, 0.05) is 18.2 Å². The van der Waals surface area contributed by atoms with Gasteiger partial charge in [0.15, 0.2) is 0 Å². The number of nitrogens with one attached hydrogen (secondary N) is 1. The number of aryl methyl sites for hydroxylation is 1. The Bertz CT molecular complexity index is 393. The first-order valence-electron chi connectivity index (χ1n) is 7.76. The van der Waals surface area contributed by atoms with Crippen molar-refractivity contribution in [2.24, 2.45) is 0 Å². The highest BCUT2D eigenvalue weighted by atomic mass is 16.5. The molecular weight excluding hydrogens is 248 g/mol. The minimum absolute atomic E-state index is 0.321. The van der Waals surface area contributed by atoms with Crippen LogP contribution in [-0.4, -0.2) is 38.2 Å². The van der Waals surface area contributed by atoms with Crippen molar-refractivity contribution in [2.75, 3.05) is 33.3 Å². The van der Waals surface area contributed by atoms with Gasteiger partial charge in [-0.1, -0.05) is 38.5 Å². The first kappa shape index (κ1) is 17.0. The summed E-state index contributed by atoms with van der Waals surface area (Å²) < 4.78 is 5.54. The van der Waals surface area contributed by atoms with Crippen molar-refractivity contribution in [3.8, 4) is 5.75 Å². The Labute approximate surface area is 124 Å². The number of benzene rings is 1. The van der Waals surface area contributed by atoms with E-state index in [9.17, 15) is 0 Å². The highest BCUT2D eigenvalue weighted by molar-refractivity contribution is 5.39. The molecule has 0 saturated heterocycles. The Balaban J connectivity index is 2.97. The van der Waals surface area contributed by atoms with E-state index in [1.54, 1.807) is 7.11 Å². The second-order valence-electron chi connectivity index (χ2n) is 5.25. The molecule has 0 aliphatic carbocycles. The van der Waals surface area contributed by atoms with E-state index in [1.807, 2.05) is 0 Å². The smallest absolute Gasteiger partial charge is 0.123 e. The van der Waals surface area contributed by atoms with Gasteiger partial charge in [0.2, 0.25) is 0 Å². The first-order chi connectivity index (χ1) is 9.65. The molecule has 0 heterocycles. The van der Waals surface area contributed by atoms with Gasteiger partial charge in [0.05, 0.1) is 7.11 Å². The van der Waals surface area contributed by atoms with Crippen molar-refractivity contribution in [1.82, 2.24) is 10.2 Å². The van der Waals surface area contributed by atoms with Crippen molar-refractivity contribution in [3.63, 3.8) is 0 Å². The van der Waals surface area contributed by atoms with Gasteiger partial charge >= 0.3 is 0 Å². The van der Waals surface area contributed by atoms with Crippen LogP contribution in [0.2, 0.25) is 0 Å². The summed E-state index contributed by atoms with van der Waals surface area (Å²) in [6, 6.07) is 6.74. The number of likely N-dealkylation sites (N-methyl/N-ethyl adjacent to an activating group) is 2. The Morgan fingerprint density at radius 2 is 2.00 bits per heavy atom. The molecule has 0 fully saturated rings. The van der Waals surface area contributed by atoms with Crippen LogP contribution in [0.3, 0.4) is 0 Å². The van der Waals surface area contributed by atoms with Crippen LogP contribution in [0.15, 0.2) is 18.2 Å². The third-order valence-corrected chi connectivity index (χ3v) is 3.64. The summed E-state index contributed by atoms with van der Waals surface area (Å²) in [5.41, 5.74) is 2.55. The lowest BCUT2D eigenvalue weighted by molar-refractivity contribution is 0.252. The molecule has 0 bridgehead atoms. The Kier molecular flexibility index (Phi) is 7.63. The van der Waals surface area contributed by atoms with E-state index in [0.29, 0.717) is 6.04 Å². The van der Waals surface area contributed by atoms with Gasteiger partial charge in [-0.15, -0.1) is 0 Å². The Morgan fingerprint density at radius 1 is 1.25 bits per heavy atom. The molecule has 0 saturated carbocycles. The third kappa shape index (κ3) is 4.80. The molecule has 3 nitrogen and oxygen atoms in total. The fourth-order valence-electron chi connectivity index (χ4n) is 2.60. The lowest BCUT2D eigenvalue weighted by Crippen LogP contribution is -2.35. The summed E-state index contributed by atoms with van der Waals surface area (Å²) in [5, 5.41) is 3.60. The third-order valence-electron chi connectivity index (χ3n) is 3.64. The first-order valence-corrected chi connectivity index (χ1v) is 7.76. The van der Waals surface area contributed by atoms with Gasteiger partial charge in [-0.05, 0) is 39.0 Å². The van der Waals surface area contributed by atoms with Gasteiger partial charge in [-0.25, -0.2) is 0 Å². The summed E-state index contributed by atoms with van der Waals surface area (Å²) >= 11 is 0. The number of hydrogen-bond donors (Lipinski definition) is 1. The second-order valence-corrected chi connectivity index (χ2v) is 5.25. The van der Waals surface area contributed by atoms with Crippen molar-refractivity contribution < 1.29 is 4.74 Å². The molecule has 0 aromatic heterocycles. The standard InChI is InChI=1S/C17H30N2O/c1-6-11-19(8-3)13-16(18-7-2)15-12-14(4)9-10-17(15)20-5/h9-10,12,16,18H,6-8,11,13H2,1-5H3. The van der Waals surface area contributed by atoms with Gasteiger partial charge in [-0.3, -0.25) is 0 Å². The molecule has 1 N–H and O–H groups in total. The van der Waals surface area contributed by atoms with Gasteiger partial charge in [0.25, 0.3) is 0 Å². The van der Waals surface area contributed by atoms with Crippen LogP contribution in [0.5, 0.6) is 5.75 Å². The predicted octanol–water partition coefficient (Wildman–Crippen LogP) is 3.39. The lowest BCUT2D eigenvalue weighted by Gasteiger charge is -2.28. The van der Waals surface area contributed by atoms with Gasteiger partial charge in [0.1, 0.15) is 5.75 Å². The van der Waals surface area contributed by atoms with Crippen LogP contribution in [0, 0.1) is 6.92 Å². The zero-order chi connectivity index (χ0) is 15.0. The van der Waals surface area contributed by atoms with Gasteiger partial charge < -0.3 is 15.0 Å². The normalized spacial score (nSPS) is 12.7. The maximum Gasteiger partial charge on any atom is 0.123 e. The molecule has 0 radical (unpaired) electrons. The van der Waals surface area contributed by atoms with E-state index in [2.05, 4.69) is 56.1 Å². The quantitative estimate of drug-likeness (QED) is 0.749. The average molecular weight is 278 g/mol. The molecule has 114 valence electrons. The van der Waals surface area contributed by atoms with Crippen LogP contribution < -0.4 is 10.1 Å². The molecule has 1 aromatic rings. The monoisotopic (exact) mass is 278 g/mol. The molecule has 0 aliphatic heterocycles. The molecular formula is C17H30N2O. The Morgan fingerprint density at radius 3 is 2.55 bits per heavy atom. The number of nitrogens with zero attached hydrogens (tertiary/aromatic N) is 1. The van der Waals surface area contributed by atoms with E-state index in [-0.39, 0.29) is 0 Å². The Hall–Kier alpha value is -1.06. The van der Waals surface area contributed by atoms with Crippen molar-refractivity contribution >= 4 is 0 Å². The highest BCUT2D eigenvalue weighted by Gasteiger charge is 2.18. The number of rotatable bonds is 9. The number of hydrogen-bond acceptors (Lipinski definition) is 3. The van der Waals surface area contributed by atoms with Crippen LogP contribution in [0.4, 0.5) is 0 Å². The number of methoxy groups -OCH3 is 1. The minimum atomic E-state index is 0.321. The van der Waals surface area contributed by atoms with E-state index in [1.165, 1.54) is 17.5 Å².